The lowest BCUT2D eigenvalue weighted by Crippen LogP contribution is -2.24. The van der Waals surface area contributed by atoms with Crippen LogP contribution in [-0.4, -0.2) is 16.8 Å². The van der Waals surface area contributed by atoms with Crippen molar-refractivity contribution in [3.8, 4) is 10.6 Å². The number of furan rings is 1. The van der Waals surface area contributed by atoms with E-state index in [-0.39, 0.29) is 18.2 Å². The molecule has 2 N–H and O–H groups in total. The number of rotatable bonds is 6. The summed E-state index contributed by atoms with van der Waals surface area (Å²) in [6.07, 6.45) is 1.78. The molecule has 25 heavy (non-hydrogen) atoms. The van der Waals surface area contributed by atoms with Crippen LogP contribution >= 0.6 is 11.3 Å². The molecule has 128 valence electrons. The van der Waals surface area contributed by atoms with Crippen LogP contribution in [-0.2, 0) is 22.6 Å². The number of thiazole rings is 1. The molecule has 0 atom stereocenters. The maximum atomic E-state index is 12.0. The van der Waals surface area contributed by atoms with E-state index in [4.69, 9.17) is 4.42 Å². The van der Waals surface area contributed by atoms with Crippen LogP contribution in [0.1, 0.15) is 18.4 Å². The molecule has 7 heteroatoms. The van der Waals surface area contributed by atoms with E-state index in [0.29, 0.717) is 18.0 Å². The Morgan fingerprint density at radius 3 is 2.88 bits per heavy atom. The number of hydrogen-bond acceptors (Lipinski definition) is 5. The fourth-order valence-electron chi connectivity index (χ4n) is 2.28. The van der Waals surface area contributed by atoms with Crippen molar-refractivity contribution < 1.29 is 14.0 Å². The second kappa shape index (κ2) is 7.76. The predicted octanol–water partition coefficient (Wildman–Crippen LogP) is 3.22. The lowest BCUT2D eigenvalue weighted by atomic mass is 10.2. The molecule has 0 spiro atoms. The van der Waals surface area contributed by atoms with Gasteiger partial charge in [-0.2, -0.15) is 0 Å². The highest BCUT2D eigenvalue weighted by Crippen LogP contribution is 2.26. The van der Waals surface area contributed by atoms with Crippen LogP contribution in [0.2, 0.25) is 0 Å². The number of carbonyl (C=O) groups excluding carboxylic acids is 2. The molecule has 2 amide bonds. The summed E-state index contributed by atoms with van der Waals surface area (Å²) in [6.45, 7) is 1.83. The zero-order valence-electron chi connectivity index (χ0n) is 13.6. The average molecular weight is 355 g/mol. The molecule has 2 aromatic heterocycles. The molecule has 0 bridgehead atoms. The number of benzene rings is 1. The summed E-state index contributed by atoms with van der Waals surface area (Å²) < 4.78 is 5.18. The highest BCUT2D eigenvalue weighted by Gasteiger charge is 2.10. The summed E-state index contributed by atoms with van der Waals surface area (Å²) >= 11 is 1.47. The lowest BCUT2D eigenvalue weighted by Gasteiger charge is -2.03. The number of amides is 2. The van der Waals surface area contributed by atoms with Crippen LogP contribution in [0, 0.1) is 0 Å². The van der Waals surface area contributed by atoms with Crippen molar-refractivity contribution in [1.29, 1.82) is 0 Å². The fourth-order valence-corrected chi connectivity index (χ4v) is 3.10. The molecule has 1 aromatic carbocycles. The van der Waals surface area contributed by atoms with Gasteiger partial charge in [0, 0.05) is 23.6 Å². The van der Waals surface area contributed by atoms with Crippen molar-refractivity contribution in [2.45, 2.75) is 19.9 Å². The summed E-state index contributed by atoms with van der Waals surface area (Å²) in [6, 6.07) is 11.1. The minimum absolute atomic E-state index is 0.111. The summed E-state index contributed by atoms with van der Waals surface area (Å²) in [4.78, 5) is 27.7. The van der Waals surface area contributed by atoms with Crippen molar-refractivity contribution >= 4 is 28.8 Å². The van der Waals surface area contributed by atoms with Crippen molar-refractivity contribution in [3.63, 3.8) is 0 Å². The van der Waals surface area contributed by atoms with E-state index in [9.17, 15) is 9.59 Å². The van der Waals surface area contributed by atoms with Crippen LogP contribution in [0.25, 0.3) is 10.6 Å². The molecule has 0 unspecified atom stereocenters. The maximum absolute atomic E-state index is 12.0. The number of hydrogen-bond donors (Lipinski definition) is 2. The molecule has 0 aliphatic heterocycles. The number of carbonyl (C=O) groups is 2. The first-order chi connectivity index (χ1) is 12.1. The van der Waals surface area contributed by atoms with Crippen LogP contribution < -0.4 is 10.6 Å². The summed E-state index contributed by atoms with van der Waals surface area (Å²) in [5, 5.41) is 8.22. The molecular weight excluding hydrogens is 338 g/mol. The van der Waals surface area contributed by atoms with E-state index < -0.39 is 0 Å². The van der Waals surface area contributed by atoms with Gasteiger partial charge in [0.2, 0.25) is 11.8 Å². The van der Waals surface area contributed by atoms with Crippen molar-refractivity contribution in [2.24, 2.45) is 0 Å². The molecule has 6 nitrogen and oxygen atoms in total. The van der Waals surface area contributed by atoms with Crippen LogP contribution in [0.5, 0.6) is 0 Å². The second-order valence-electron chi connectivity index (χ2n) is 5.44. The summed E-state index contributed by atoms with van der Waals surface area (Å²) in [7, 11) is 0. The Morgan fingerprint density at radius 2 is 2.12 bits per heavy atom. The minimum atomic E-state index is -0.120. The molecule has 0 saturated heterocycles. The Morgan fingerprint density at radius 1 is 1.24 bits per heavy atom. The third kappa shape index (κ3) is 4.77. The average Bonchev–Trinajstić information content (AvgIpc) is 3.24. The number of nitrogens with one attached hydrogen (secondary N) is 2. The number of anilines is 1. The van der Waals surface area contributed by atoms with Gasteiger partial charge >= 0.3 is 0 Å². The van der Waals surface area contributed by atoms with E-state index in [1.807, 2.05) is 35.7 Å². The van der Waals surface area contributed by atoms with E-state index in [2.05, 4.69) is 15.6 Å². The van der Waals surface area contributed by atoms with Crippen LogP contribution in [0.15, 0.2) is 52.5 Å². The van der Waals surface area contributed by atoms with Crippen LogP contribution in [0.4, 0.5) is 5.69 Å². The lowest BCUT2D eigenvalue weighted by molar-refractivity contribution is -0.120. The fraction of sp³-hybridized carbons (Fsp3) is 0.167. The standard InChI is InChI=1S/C18H17N3O3S/c1-12(22)20-14-5-2-4-13(8-14)18-21-15(11-25-18)9-17(23)19-10-16-6-3-7-24-16/h2-8,11H,9-10H2,1H3,(H,19,23)(H,20,22). The first kappa shape index (κ1) is 16.9. The Bertz CT molecular complexity index is 871. The van der Waals surface area contributed by atoms with E-state index in [1.54, 1.807) is 12.3 Å². The van der Waals surface area contributed by atoms with Gasteiger partial charge in [0.05, 0.1) is 24.9 Å². The third-order valence-electron chi connectivity index (χ3n) is 3.36. The molecule has 3 rings (SSSR count). The quantitative estimate of drug-likeness (QED) is 0.711. The molecule has 0 fully saturated rings. The topological polar surface area (TPSA) is 84.2 Å². The maximum Gasteiger partial charge on any atom is 0.226 e. The van der Waals surface area contributed by atoms with Gasteiger partial charge < -0.3 is 15.1 Å². The van der Waals surface area contributed by atoms with Gasteiger partial charge in [0.15, 0.2) is 0 Å². The largest absolute Gasteiger partial charge is 0.467 e. The number of aromatic nitrogens is 1. The Labute approximate surface area is 148 Å². The minimum Gasteiger partial charge on any atom is -0.467 e. The van der Waals surface area contributed by atoms with Crippen molar-refractivity contribution in [2.75, 3.05) is 5.32 Å². The highest BCUT2D eigenvalue weighted by molar-refractivity contribution is 7.13. The molecular formula is C18H17N3O3S. The third-order valence-corrected chi connectivity index (χ3v) is 4.30. The first-order valence-corrected chi connectivity index (χ1v) is 8.59. The van der Waals surface area contributed by atoms with Gasteiger partial charge in [-0.1, -0.05) is 12.1 Å². The van der Waals surface area contributed by atoms with Crippen molar-refractivity contribution in [3.05, 3.63) is 59.5 Å². The first-order valence-electron chi connectivity index (χ1n) is 7.71. The zero-order valence-corrected chi connectivity index (χ0v) is 14.4. The Hall–Kier alpha value is -2.93. The Balaban J connectivity index is 1.62. The molecule has 0 aliphatic carbocycles. The molecule has 2 heterocycles. The molecule has 3 aromatic rings. The molecule has 0 radical (unpaired) electrons. The van der Waals surface area contributed by atoms with E-state index in [0.717, 1.165) is 16.3 Å². The van der Waals surface area contributed by atoms with Crippen LogP contribution in [0.3, 0.4) is 0 Å². The number of nitrogens with zero attached hydrogens (tertiary/aromatic N) is 1. The van der Waals surface area contributed by atoms with Gasteiger partial charge in [0.25, 0.3) is 0 Å². The van der Waals surface area contributed by atoms with E-state index >= 15 is 0 Å². The van der Waals surface area contributed by atoms with Gasteiger partial charge in [-0.05, 0) is 24.3 Å². The van der Waals surface area contributed by atoms with Gasteiger partial charge in [-0.25, -0.2) is 4.98 Å². The summed E-state index contributed by atoms with van der Waals surface area (Å²) in [5.74, 6) is 0.479. The molecule has 0 saturated carbocycles. The predicted molar refractivity (Wildman–Crippen MR) is 96.1 cm³/mol. The summed E-state index contributed by atoms with van der Waals surface area (Å²) in [5.41, 5.74) is 2.33. The zero-order chi connectivity index (χ0) is 17.6. The normalized spacial score (nSPS) is 10.4. The Kier molecular flexibility index (Phi) is 5.25. The van der Waals surface area contributed by atoms with Gasteiger partial charge in [0.1, 0.15) is 10.8 Å². The SMILES string of the molecule is CC(=O)Nc1cccc(-c2nc(CC(=O)NCc3ccco3)cs2)c1. The second-order valence-corrected chi connectivity index (χ2v) is 6.30. The van der Waals surface area contributed by atoms with E-state index in [1.165, 1.54) is 18.3 Å². The molecule has 0 aliphatic rings. The smallest absolute Gasteiger partial charge is 0.226 e. The van der Waals surface area contributed by atoms with Gasteiger partial charge in [-0.3, -0.25) is 9.59 Å². The monoisotopic (exact) mass is 355 g/mol. The highest BCUT2D eigenvalue weighted by atomic mass is 32.1. The van der Waals surface area contributed by atoms with Crippen molar-refractivity contribution in [1.82, 2.24) is 10.3 Å². The van der Waals surface area contributed by atoms with Gasteiger partial charge in [-0.15, -0.1) is 11.3 Å².